The van der Waals surface area contributed by atoms with E-state index in [1.54, 1.807) is 7.05 Å². The van der Waals surface area contributed by atoms with Crippen molar-refractivity contribution in [2.45, 2.75) is 39.8 Å². The lowest BCUT2D eigenvalue weighted by atomic mass is 10.3. The maximum absolute atomic E-state index is 4.59. The average Bonchev–Trinajstić information content (AvgIpc) is 2.77. The zero-order valence-electron chi connectivity index (χ0n) is 13.3. The minimum Gasteiger partial charge on any atom is -0.356 e. The summed E-state index contributed by atoms with van der Waals surface area (Å²) in [5.74, 6) is 1.93. The fraction of sp³-hybridized carbons (Fsp3) is 0.500. The van der Waals surface area contributed by atoms with Crippen LogP contribution in [-0.2, 0) is 6.54 Å². The number of fused-ring (bicyclic) bond motifs is 1. The standard InChI is InChI=1S/C16H25N5/c1-12(2)19-16(17-4)18-10-7-11-21-13(3)20-14-8-5-6-9-15(14)21/h5-6,8-9,12H,7,10-11H2,1-4H3,(H2,17,18,19). The molecular formula is C16H25N5. The summed E-state index contributed by atoms with van der Waals surface area (Å²) in [4.78, 5) is 8.79. The first-order valence-electron chi connectivity index (χ1n) is 7.51. The first kappa shape index (κ1) is 15.4. The minimum atomic E-state index is 0.385. The van der Waals surface area contributed by atoms with Crippen LogP contribution in [0.4, 0.5) is 0 Å². The van der Waals surface area contributed by atoms with Crippen LogP contribution in [0.15, 0.2) is 29.3 Å². The molecule has 0 spiro atoms. The van der Waals surface area contributed by atoms with Crippen LogP contribution in [0.3, 0.4) is 0 Å². The minimum absolute atomic E-state index is 0.385. The molecule has 2 N–H and O–H groups in total. The van der Waals surface area contributed by atoms with Crippen molar-refractivity contribution >= 4 is 17.0 Å². The van der Waals surface area contributed by atoms with Gasteiger partial charge in [0.2, 0.25) is 0 Å². The van der Waals surface area contributed by atoms with Gasteiger partial charge < -0.3 is 15.2 Å². The monoisotopic (exact) mass is 287 g/mol. The molecule has 114 valence electrons. The Morgan fingerprint density at radius 1 is 1.33 bits per heavy atom. The van der Waals surface area contributed by atoms with E-state index in [0.717, 1.165) is 36.8 Å². The summed E-state index contributed by atoms with van der Waals surface area (Å²) in [5, 5.41) is 6.62. The molecule has 0 radical (unpaired) electrons. The molecule has 0 fully saturated rings. The molecule has 1 heterocycles. The number of rotatable bonds is 5. The van der Waals surface area contributed by atoms with Crippen molar-refractivity contribution < 1.29 is 0 Å². The fourth-order valence-corrected chi connectivity index (χ4v) is 2.39. The number of nitrogens with zero attached hydrogens (tertiary/aromatic N) is 3. The number of benzene rings is 1. The molecule has 21 heavy (non-hydrogen) atoms. The summed E-state index contributed by atoms with van der Waals surface area (Å²) < 4.78 is 2.27. The Hall–Kier alpha value is -2.04. The van der Waals surface area contributed by atoms with Crippen molar-refractivity contribution in [3.63, 3.8) is 0 Å². The molecule has 0 unspecified atom stereocenters. The molecule has 2 aromatic rings. The molecule has 0 aliphatic heterocycles. The molecule has 5 heteroatoms. The van der Waals surface area contributed by atoms with Gasteiger partial charge in [-0.2, -0.15) is 0 Å². The van der Waals surface area contributed by atoms with Gasteiger partial charge in [0.25, 0.3) is 0 Å². The number of hydrogen-bond acceptors (Lipinski definition) is 2. The van der Waals surface area contributed by atoms with Crippen LogP contribution in [0, 0.1) is 6.92 Å². The number of aryl methyl sites for hydroxylation is 2. The number of nitrogens with one attached hydrogen (secondary N) is 2. The summed E-state index contributed by atoms with van der Waals surface area (Å²) >= 11 is 0. The second-order valence-electron chi connectivity index (χ2n) is 5.45. The summed E-state index contributed by atoms with van der Waals surface area (Å²) in [6.07, 6.45) is 1.03. The highest BCUT2D eigenvalue weighted by molar-refractivity contribution is 5.79. The van der Waals surface area contributed by atoms with Gasteiger partial charge >= 0.3 is 0 Å². The van der Waals surface area contributed by atoms with E-state index >= 15 is 0 Å². The van der Waals surface area contributed by atoms with Crippen molar-refractivity contribution in [1.82, 2.24) is 20.2 Å². The Labute approximate surface area is 126 Å². The SMILES string of the molecule is CN=C(NCCCn1c(C)nc2ccccc21)NC(C)C. The maximum atomic E-state index is 4.59. The molecule has 0 saturated heterocycles. The van der Waals surface area contributed by atoms with Crippen molar-refractivity contribution in [2.24, 2.45) is 4.99 Å². The van der Waals surface area contributed by atoms with Crippen LogP contribution in [0.5, 0.6) is 0 Å². The van der Waals surface area contributed by atoms with E-state index in [9.17, 15) is 0 Å². The Balaban J connectivity index is 1.89. The first-order chi connectivity index (χ1) is 10.1. The molecule has 5 nitrogen and oxygen atoms in total. The highest BCUT2D eigenvalue weighted by atomic mass is 15.2. The Morgan fingerprint density at radius 2 is 2.10 bits per heavy atom. The summed E-state index contributed by atoms with van der Waals surface area (Å²) in [7, 11) is 1.80. The van der Waals surface area contributed by atoms with E-state index in [2.05, 4.69) is 64.1 Å². The van der Waals surface area contributed by atoms with E-state index in [1.165, 1.54) is 5.52 Å². The van der Waals surface area contributed by atoms with Gasteiger partial charge in [-0.3, -0.25) is 4.99 Å². The molecule has 2 rings (SSSR count). The molecular weight excluding hydrogens is 262 g/mol. The number of guanidine groups is 1. The second kappa shape index (κ2) is 7.11. The lowest BCUT2D eigenvalue weighted by molar-refractivity contribution is 0.618. The highest BCUT2D eigenvalue weighted by Gasteiger charge is 2.06. The normalized spacial score (nSPS) is 12.1. The van der Waals surface area contributed by atoms with Gasteiger partial charge in [0.05, 0.1) is 11.0 Å². The molecule has 1 aromatic carbocycles. The van der Waals surface area contributed by atoms with Crippen molar-refractivity contribution in [3.05, 3.63) is 30.1 Å². The van der Waals surface area contributed by atoms with Gasteiger partial charge in [0.15, 0.2) is 5.96 Å². The van der Waals surface area contributed by atoms with E-state index in [0.29, 0.717) is 6.04 Å². The van der Waals surface area contributed by atoms with Crippen LogP contribution < -0.4 is 10.6 Å². The predicted molar refractivity (Wildman–Crippen MR) is 88.7 cm³/mol. The predicted octanol–water partition coefficient (Wildman–Crippen LogP) is 2.31. The average molecular weight is 287 g/mol. The third kappa shape index (κ3) is 3.97. The van der Waals surface area contributed by atoms with E-state index in [-0.39, 0.29) is 0 Å². The molecule has 0 bridgehead atoms. The number of imidazole rings is 1. The van der Waals surface area contributed by atoms with Gasteiger partial charge in [-0.1, -0.05) is 12.1 Å². The third-order valence-corrected chi connectivity index (χ3v) is 3.35. The molecule has 0 aliphatic carbocycles. The molecule has 0 saturated carbocycles. The van der Waals surface area contributed by atoms with Gasteiger partial charge in [0, 0.05) is 26.2 Å². The lowest BCUT2D eigenvalue weighted by Gasteiger charge is -2.14. The quantitative estimate of drug-likeness (QED) is 0.504. The largest absolute Gasteiger partial charge is 0.356 e. The second-order valence-corrected chi connectivity index (χ2v) is 5.45. The van der Waals surface area contributed by atoms with E-state index < -0.39 is 0 Å². The first-order valence-corrected chi connectivity index (χ1v) is 7.51. The molecule has 1 aromatic heterocycles. The van der Waals surface area contributed by atoms with Gasteiger partial charge in [0.1, 0.15) is 5.82 Å². The van der Waals surface area contributed by atoms with E-state index in [4.69, 9.17) is 0 Å². The third-order valence-electron chi connectivity index (χ3n) is 3.35. The summed E-state index contributed by atoms with van der Waals surface area (Å²) in [6.45, 7) is 8.12. The fourth-order valence-electron chi connectivity index (χ4n) is 2.39. The van der Waals surface area contributed by atoms with Crippen LogP contribution >= 0.6 is 0 Å². The Morgan fingerprint density at radius 3 is 2.81 bits per heavy atom. The molecule has 0 aliphatic rings. The number of aromatic nitrogens is 2. The smallest absolute Gasteiger partial charge is 0.191 e. The van der Waals surface area contributed by atoms with Crippen LogP contribution in [0.25, 0.3) is 11.0 Å². The highest BCUT2D eigenvalue weighted by Crippen LogP contribution is 2.15. The van der Waals surface area contributed by atoms with Crippen molar-refractivity contribution in [2.75, 3.05) is 13.6 Å². The zero-order valence-corrected chi connectivity index (χ0v) is 13.3. The van der Waals surface area contributed by atoms with Gasteiger partial charge in [-0.15, -0.1) is 0 Å². The lowest BCUT2D eigenvalue weighted by Crippen LogP contribution is -2.41. The molecule has 0 amide bonds. The zero-order chi connectivity index (χ0) is 15.2. The van der Waals surface area contributed by atoms with E-state index in [1.807, 2.05) is 6.07 Å². The van der Waals surface area contributed by atoms with Gasteiger partial charge in [-0.25, -0.2) is 4.98 Å². The molecule has 0 atom stereocenters. The summed E-state index contributed by atoms with van der Waals surface area (Å²) in [5.41, 5.74) is 2.28. The van der Waals surface area contributed by atoms with Crippen LogP contribution in [0.2, 0.25) is 0 Å². The maximum Gasteiger partial charge on any atom is 0.191 e. The topological polar surface area (TPSA) is 54.2 Å². The van der Waals surface area contributed by atoms with Crippen molar-refractivity contribution in [3.8, 4) is 0 Å². The number of hydrogen-bond donors (Lipinski definition) is 2. The van der Waals surface area contributed by atoms with Crippen LogP contribution in [-0.4, -0.2) is 35.1 Å². The number of aliphatic imine (C=N–C) groups is 1. The van der Waals surface area contributed by atoms with Crippen molar-refractivity contribution in [1.29, 1.82) is 0 Å². The van der Waals surface area contributed by atoms with Crippen LogP contribution in [0.1, 0.15) is 26.1 Å². The Bertz CT molecular complexity index is 612. The van der Waals surface area contributed by atoms with Gasteiger partial charge in [-0.05, 0) is 39.3 Å². The number of para-hydroxylation sites is 2. The summed E-state index contributed by atoms with van der Waals surface area (Å²) in [6, 6.07) is 8.67. The Kier molecular flexibility index (Phi) is 5.20.